The van der Waals surface area contributed by atoms with Crippen molar-refractivity contribution in [3.63, 3.8) is 0 Å². The van der Waals surface area contributed by atoms with Gasteiger partial charge >= 0.3 is 0 Å². The third kappa shape index (κ3) is 2.06. The summed E-state index contributed by atoms with van der Waals surface area (Å²) < 4.78 is 0. The van der Waals surface area contributed by atoms with Gasteiger partial charge in [0.25, 0.3) is 0 Å². The fourth-order valence-corrected chi connectivity index (χ4v) is 2.53. The summed E-state index contributed by atoms with van der Waals surface area (Å²) >= 11 is 0. The van der Waals surface area contributed by atoms with E-state index in [-0.39, 0.29) is 24.4 Å². The first-order valence-corrected chi connectivity index (χ1v) is 5.52. The number of carbonyl (C=O) groups excluding carboxylic acids is 1. The van der Waals surface area contributed by atoms with E-state index in [1.807, 2.05) is 0 Å². The Hall–Kier alpha value is -0.870. The number of carbonyl (C=O) groups is 1. The molecule has 0 aromatic heterocycles. The van der Waals surface area contributed by atoms with Gasteiger partial charge in [0, 0.05) is 6.04 Å². The highest BCUT2D eigenvalue weighted by Crippen LogP contribution is 2.34. The molecule has 2 aliphatic rings. The normalized spacial score (nSPS) is 33.0. The van der Waals surface area contributed by atoms with Crippen molar-refractivity contribution in [1.29, 1.82) is 0 Å². The van der Waals surface area contributed by atoms with Gasteiger partial charge in [0.15, 0.2) is 6.29 Å². The number of rotatable bonds is 2. The second-order valence-corrected chi connectivity index (χ2v) is 4.27. The third-order valence-corrected chi connectivity index (χ3v) is 3.27. The van der Waals surface area contributed by atoms with Gasteiger partial charge in [0.1, 0.15) is 0 Å². The van der Waals surface area contributed by atoms with Crippen LogP contribution in [0.5, 0.6) is 0 Å². The van der Waals surface area contributed by atoms with Crippen LogP contribution in [0.1, 0.15) is 25.7 Å². The van der Waals surface area contributed by atoms with Gasteiger partial charge in [-0.15, -0.1) is 0 Å². The first-order valence-electron chi connectivity index (χ1n) is 5.52. The van der Waals surface area contributed by atoms with Crippen LogP contribution in [-0.2, 0) is 4.79 Å². The standard InChI is InChI=1S/C11H17NO3/c13-10(14)7-12-9-6-4-2-1-3-5-8(9)11(12)15/h1-2,8-10,13-14H,3-7H2/b2-1+. The monoisotopic (exact) mass is 211 g/mol. The van der Waals surface area contributed by atoms with Crippen LogP contribution < -0.4 is 0 Å². The number of hydrogen-bond acceptors (Lipinski definition) is 3. The van der Waals surface area contributed by atoms with Gasteiger partial charge in [-0.2, -0.15) is 0 Å². The van der Waals surface area contributed by atoms with Crippen LogP contribution in [0, 0.1) is 5.92 Å². The van der Waals surface area contributed by atoms with Crippen molar-refractivity contribution in [2.45, 2.75) is 38.0 Å². The van der Waals surface area contributed by atoms with E-state index in [2.05, 4.69) is 12.2 Å². The number of β-lactam (4-membered cyclic amide) rings is 1. The minimum absolute atomic E-state index is 0.0592. The Labute approximate surface area is 89.2 Å². The number of nitrogens with zero attached hydrogens (tertiary/aromatic N) is 1. The van der Waals surface area contributed by atoms with Gasteiger partial charge < -0.3 is 15.1 Å². The molecule has 2 rings (SSSR count). The van der Waals surface area contributed by atoms with Crippen molar-refractivity contribution < 1.29 is 15.0 Å². The summed E-state index contributed by atoms with van der Waals surface area (Å²) in [6.07, 6.45) is 6.66. The molecular formula is C11H17NO3. The van der Waals surface area contributed by atoms with Gasteiger partial charge in [-0.1, -0.05) is 12.2 Å². The highest BCUT2D eigenvalue weighted by atomic mass is 16.5. The average Bonchev–Trinajstić information content (AvgIpc) is 2.15. The molecule has 2 unspecified atom stereocenters. The van der Waals surface area contributed by atoms with Gasteiger partial charge in [-0.3, -0.25) is 4.79 Å². The SMILES string of the molecule is O=C1C2CC/C=C/CCC2N1CC(O)O. The van der Waals surface area contributed by atoms with E-state index < -0.39 is 6.29 Å². The van der Waals surface area contributed by atoms with E-state index in [9.17, 15) is 4.79 Å². The Morgan fingerprint density at radius 2 is 2.00 bits per heavy atom. The Morgan fingerprint density at radius 3 is 2.67 bits per heavy atom. The number of hydrogen-bond donors (Lipinski definition) is 2. The summed E-state index contributed by atoms with van der Waals surface area (Å²) in [6, 6.07) is 0.226. The van der Waals surface area contributed by atoms with Crippen molar-refractivity contribution in [2.24, 2.45) is 5.92 Å². The molecule has 1 aliphatic carbocycles. The summed E-state index contributed by atoms with van der Waals surface area (Å²) in [4.78, 5) is 13.3. The Morgan fingerprint density at radius 1 is 1.33 bits per heavy atom. The zero-order valence-corrected chi connectivity index (χ0v) is 8.67. The van der Waals surface area contributed by atoms with Crippen LogP contribution in [0.3, 0.4) is 0 Å². The lowest BCUT2D eigenvalue weighted by molar-refractivity contribution is -0.167. The van der Waals surface area contributed by atoms with E-state index in [1.54, 1.807) is 4.90 Å². The predicted molar refractivity (Wildman–Crippen MR) is 54.8 cm³/mol. The molecule has 4 heteroatoms. The van der Waals surface area contributed by atoms with Crippen LogP contribution in [0.25, 0.3) is 0 Å². The molecular weight excluding hydrogens is 194 g/mol. The number of allylic oxidation sites excluding steroid dienone is 2. The van der Waals surface area contributed by atoms with Crippen LogP contribution in [0.4, 0.5) is 0 Å². The molecule has 0 aromatic rings. The van der Waals surface area contributed by atoms with Gasteiger partial charge in [0.05, 0.1) is 12.5 Å². The topological polar surface area (TPSA) is 60.8 Å². The van der Waals surface area contributed by atoms with Crippen molar-refractivity contribution in [3.8, 4) is 0 Å². The van der Waals surface area contributed by atoms with Gasteiger partial charge in [-0.05, 0) is 25.7 Å². The molecule has 2 atom stereocenters. The lowest BCUT2D eigenvalue weighted by Crippen LogP contribution is -2.62. The molecule has 4 nitrogen and oxygen atoms in total. The van der Waals surface area contributed by atoms with Crippen LogP contribution >= 0.6 is 0 Å². The molecule has 0 radical (unpaired) electrons. The Kier molecular flexibility index (Phi) is 3.07. The number of amides is 1. The van der Waals surface area contributed by atoms with Crippen molar-refractivity contribution in [2.75, 3.05) is 6.54 Å². The molecule has 84 valence electrons. The minimum atomic E-state index is -1.41. The Balaban J connectivity index is 1.99. The fraction of sp³-hybridized carbons (Fsp3) is 0.727. The van der Waals surface area contributed by atoms with Crippen molar-refractivity contribution in [3.05, 3.63) is 12.2 Å². The van der Waals surface area contributed by atoms with E-state index >= 15 is 0 Å². The number of β-amino-alcohol motifs (C(OH)–C–C–N with tert-alkyl or cyclic N) is 2. The van der Waals surface area contributed by atoms with E-state index in [0.717, 1.165) is 25.7 Å². The molecule has 0 saturated carbocycles. The van der Waals surface area contributed by atoms with Gasteiger partial charge in [-0.25, -0.2) is 0 Å². The zero-order valence-electron chi connectivity index (χ0n) is 8.67. The molecule has 1 heterocycles. The maximum Gasteiger partial charge on any atom is 0.228 e. The molecule has 1 aliphatic heterocycles. The zero-order chi connectivity index (χ0) is 10.8. The lowest BCUT2D eigenvalue weighted by Gasteiger charge is -2.48. The van der Waals surface area contributed by atoms with Gasteiger partial charge in [0.2, 0.25) is 5.91 Å². The number of likely N-dealkylation sites (tertiary alicyclic amines) is 1. The summed E-state index contributed by atoms with van der Waals surface area (Å²) in [5.41, 5.74) is 0. The largest absolute Gasteiger partial charge is 0.367 e. The molecule has 1 fully saturated rings. The first-order chi connectivity index (χ1) is 7.20. The predicted octanol–water partition coefficient (Wildman–Crippen LogP) is 0.254. The summed E-state index contributed by atoms with van der Waals surface area (Å²) in [5, 5.41) is 17.7. The second-order valence-electron chi connectivity index (χ2n) is 4.27. The van der Waals surface area contributed by atoms with E-state index in [4.69, 9.17) is 10.2 Å². The molecule has 0 bridgehead atoms. The lowest BCUT2D eigenvalue weighted by atomic mass is 9.80. The third-order valence-electron chi connectivity index (χ3n) is 3.27. The average molecular weight is 211 g/mol. The number of aliphatic hydroxyl groups is 2. The highest BCUT2D eigenvalue weighted by Gasteiger charge is 2.46. The number of aliphatic hydroxyl groups excluding tert-OH is 1. The molecule has 2 N–H and O–H groups in total. The maximum absolute atomic E-state index is 11.7. The highest BCUT2D eigenvalue weighted by molar-refractivity contribution is 5.86. The van der Waals surface area contributed by atoms with E-state index in [1.165, 1.54) is 0 Å². The molecule has 0 spiro atoms. The summed E-state index contributed by atoms with van der Waals surface area (Å²) in [6.45, 7) is 0.0592. The van der Waals surface area contributed by atoms with E-state index in [0.29, 0.717) is 0 Å². The number of fused-ring (bicyclic) bond motifs is 1. The quantitative estimate of drug-likeness (QED) is 0.391. The smallest absolute Gasteiger partial charge is 0.228 e. The second kappa shape index (κ2) is 4.33. The van der Waals surface area contributed by atoms with Crippen LogP contribution in [0.2, 0.25) is 0 Å². The Bertz CT molecular complexity index is 275. The summed E-state index contributed by atoms with van der Waals surface area (Å²) in [7, 11) is 0. The fourth-order valence-electron chi connectivity index (χ4n) is 2.53. The van der Waals surface area contributed by atoms with Crippen molar-refractivity contribution in [1.82, 2.24) is 4.90 Å². The first kappa shape index (κ1) is 10.6. The maximum atomic E-state index is 11.7. The molecule has 0 aromatic carbocycles. The summed E-state index contributed by atoms with van der Waals surface area (Å²) in [5.74, 6) is 0.206. The van der Waals surface area contributed by atoms with Crippen LogP contribution in [-0.4, -0.2) is 39.9 Å². The molecule has 1 amide bonds. The molecule has 1 saturated heterocycles. The minimum Gasteiger partial charge on any atom is -0.367 e. The van der Waals surface area contributed by atoms with Crippen LogP contribution in [0.15, 0.2) is 12.2 Å². The molecule has 15 heavy (non-hydrogen) atoms. The van der Waals surface area contributed by atoms with Crippen molar-refractivity contribution >= 4 is 5.91 Å².